The first-order valence-electron chi connectivity index (χ1n) is 6.85. The molecule has 0 bridgehead atoms. The zero-order valence-electron chi connectivity index (χ0n) is 12.8. The third-order valence-corrected chi connectivity index (χ3v) is 4.16. The van der Waals surface area contributed by atoms with Crippen LogP contribution in [0.15, 0.2) is 11.4 Å². The molecule has 2 aromatic rings. The highest BCUT2D eigenvalue weighted by Gasteiger charge is 2.17. The summed E-state index contributed by atoms with van der Waals surface area (Å²) in [5, 5.41) is 6.60. The van der Waals surface area contributed by atoms with Crippen LogP contribution in [0.25, 0.3) is 0 Å². The highest BCUT2D eigenvalue weighted by molar-refractivity contribution is 7.09. The Balaban J connectivity index is 1.91. The van der Waals surface area contributed by atoms with Crippen LogP contribution in [0, 0.1) is 13.8 Å². The quantitative estimate of drug-likeness (QED) is 0.936. The van der Waals surface area contributed by atoms with Crippen molar-refractivity contribution >= 4 is 17.3 Å². The van der Waals surface area contributed by atoms with Gasteiger partial charge in [-0.05, 0) is 19.9 Å². The lowest BCUT2D eigenvalue weighted by atomic mass is 9.98. The van der Waals surface area contributed by atoms with E-state index in [9.17, 15) is 0 Å². The number of rotatable bonds is 4. The van der Waals surface area contributed by atoms with E-state index in [0.717, 1.165) is 30.0 Å². The van der Waals surface area contributed by atoms with Crippen LogP contribution in [0.2, 0.25) is 0 Å². The third kappa shape index (κ3) is 4.00. The zero-order chi connectivity index (χ0) is 14.8. The molecule has 0 aliphatic rings. The molecule has 108 valence electrons. The fraction of sp³-hybridized carbons (Fsp3) is 0.533. The number of thiazole rings is 1. The normalized spacial score (nSPS) is 11.7. The van der Waals surface area contributed by atoms with Gasteiger partial charge in [-0.15, -0.1) is 11.3 Å². The third-order valence-electron chi connectivity index (χ3n) is 2.84. The van der Waals surface area contributed by atoms with Crippen molar-refractivity contribution in [3.63, 3.8) is 0 Å². The molecule has 1 N–H and O–H groups in total. The smallest absolute Gasteiger partial charge is 0.223 e. The minimum absolute atomic E-state index is 0.132. The summed E-state index contributed by atoms with van der Waals surface area (Å²) in [6, 6.07) is 1.97. The van der Waals surface area contributed by atoms with E-state index in [1.165, 1.54) is 5.01 Å². The van der Waals surface area contributed by atoms with Gasteiger partial charge in [0.15, 0.2) is 0 Å². The molecule has 0 fully saturated rings. The molecule has 0 aliphatic carbocycles. The van der Waals surface area contributed by atoms with Gasteiger partial charge in [0.1, 0.15) is 0 Å². The Hall–Kier alpha value is -1.49. The lowest BCUT2D eigenvalue weighted by Crippen LogP contribution is -2.12. The van der Waals surface area contributed by atoms with Crippen LogP contribution < -0.4 is 5.32 Å². The monoisotopic (exact) mass is 290 g/mol. The van der Waals surface area contributed by atoms with Gasteiger partial charge in [-0.3, -0.25) is 0 Å². The molecule has 0 aromatic carbocycles. The van der Waals surface area contributed by atoms with Crippen molar-refractivity contribution in [1.82, 2.24) is 15.0 Å². The van der Waals surface area contributed by atoms with Gasteiger partial charge in [-0.1, -0.05) is 20.8 Å². The second kappa shape index (κ2) is 5.87. The van der Waals surface area contributed by atoms with E-state index in [4.69, 9.17) is 0 Å². The highest BCUT2D eigenvalue weighted by Crippen LogP contribution is 2.25. The van der Waals surface area contributed by atoms with Crippen molar-refractivity contribution in [3.8, 4) is 0 Å². The summed E-state index contributed by atoms with van der Waals surface area (Å²) in [7, 11) is 0. The van der Waals surface area contributed by atoms with Crippen molar-refractivity contribution in [2.24, 2.45) is 0 Å². The Morgan fingerprint density at radius 3 is 2.30 bits per heavy atom. The summed E-state index contributed by atoms with van der Waals surface area (Å²) in [6.07, 6.45) is 0.892. The van der Waals surface area contributed by atoms with E-state index >= 15 is 0 Å². The number of aromatic nitrogens is 3. The van der Waals surface area contributed by atoms with Crippen LogP contribution in [0.1, 0.15) is 42.9 Å². The highest BCUT2D eigenvalue weighted by atomic mass is 32.1. The first-order chi connectivity index (χ1) is 9.34. The topological polar surface area (TPSA) is 50.7 Å². The van der Waals surface area contributed by atoms with Crippen molar-refractivity contribution in [2.45, 2.75) is 46.5 Å². The number of aryl methyl sites for hydroxylation is 2. The first kappa shape index (κ1) is 14.9. The van der Waals surface area contributed by atoms with Crippen LogP contribution in [0.3, 0.4) is 0 Å². The van der Waals surface area contributed by atoms with Gasteiger partial charge in [0, 0.05) is 35.1 Å². The zero-order valence-corrected chi connectivity index (χ0v) is 13.6. The molecule has 0 saturated carbocycles. The maximum atomic E-state index is 4.69. The summed E-state index contributed by atoms with van der Waals surface area (Å²) in [5.74, 6) is 0.703. The molecular weight excluding hydrogens is 268 g/mol. The standard InChI is InChI=1S/C15H22N4S/c1-10-8-11(2)18-14(17-10)16-7-6-12-9-20-13(19-12)15(3,4)5/h8-9H,6-7H2,1-5H3,(H,16,17,18). The molecule has 0 atom stereocenters. The molecule has 4 nitrogen and oxygen atoms in total. The molecule has 0 amide bonds. The maximum Gasteiger partial charge on any atom is 0.223 e. The van der Waals surface area contributed by atoms with Gasteiger partial charge in [0.2, 0.25) is 5.95 Å². The molecule has 0 aliphatic heterocycles. The van der Waals surface area contributed by atoms with E-state index in [0.29, 0.717) is 5.95 Å². The van der Waals surface area contributed by atoms with Crippen LogP contribution in [-0.2, 0) is 11.8 Å². The predicted octanol–water partition coefficient (Wildman–Crippen LogP) is 3.50. The average molecular weight is 290 g/mol. The van der Waals surface area contributed by atoms with Gasteiger partial charge in [-0.2, -0.15) is 0 Å². The molecule has 20 heavy (non-hydrogen) atoms. The van der Waals surface area contributed by atoms with Crippen LogP contribution >= 0.6 is 11.3 Å². The van der Waals surface area contributed by atoms with Gasteiger partial charge in [-0.25, -0.2) is 15.0 Å². The van der Waals surface area contributed by atoms with Gasteiger partial charge in [0.25, 0.3) is 0 Å². The van der Waals surface area contributed by atoms with E-state index in [2.05, 4.69) is 46.4 Å². The number of anilines is 1. The van der Waals surface area contributed by atoms with Gasteiger partial charge in [0.05, 0.1) is 10.7 Å². The lowest BCUT2D eigenvalue weighted by Gasteiger charge is -2.13. The molecule has 0 unspecified atom stereocenters. The van der Waals surface area contributed by atoms with E-state index in [1.807, 2.05) is 19.9 Å². The fourth-order valence-corrected chi connectivity index (χ4v) is 2.82. The van der Waals surface area contributed by atoms with E-state index in [1.54, 1.807) is 11.3 Å². The summed E-state index contributed by atoms with van der Waals surface area (Å²) in [4.78, 5) is 13.4. The summed E-state index contributed by atoms with van der Waals surface area (Å²) >= 11 is 1.74. The Morgan fingerprint density at radius 2 is 1.75 bits per heavy atom. The number of hydrogen-bond donors (Lipinski definition) is 1. The molecule has 2 aromatic heterocycles. The maximum absolute atomic E-state index is 4.69. The molecule has 2 heterocycles. The summed E-state index contributed by atoms with van der Waals surface area (Å²) in [5.41, 5.74) is 3.25. The van der Waals surface area contributed by atoms with Crippen LogP contribution in [0.4, 0.5) is 5.95 Å². The van der Waals surface area contributed by atoms with Crippen molar-refractivity contribution in [2.75, 3.05) is 11.9 Å². The average Bonchev–Trinajstić information content (AvgIpc) is 2.76. The van der Waals surface area contributed by atoms with Crippen LogP contribution in [0.5, 0.6) is 0 Å². The Kier molecular flexibility index (Phi) is 4.38. The van der Waals surface area contributed by atoms with Crippen molar-refractivity contribution in [1.29, 1.82) is 0 Å². The van der Waals surface area contributed by atoms with Gasteiger partial charge < -0.3 is 5.32 Å². The van der Waals surface area contributed by atoms with Gasteiger partial charge >= 0.3 is 0 Å². The largest absolute Gasteiger partial charge is 0.354 e. The fourth-order valence-electron chi connectivity index (χ4n) is 1.87. The Bertz CT molecular complexity index is 564. The molecule has 5 heteroatoms. The number of hydrogen-bond acceptors (Lipinski definition) is 5. The summed E-state index contributed by atoms with van der Waals surface area (Å²) < 4.78 is 0. The van der Waals surface area contributed by atoms with E-state index in [-0.39, 0.29) is 5.41 Å². The lowest BCUT2D eigenvalue weighted by molar-refractivity contribution is 0.583. The van der Waals surface area contributed by atoms with E-state index < -0.39 is 0 Å². The second-order valence-corrected chi connectivity index (χ2v) is 6.90. The molecular formula is C15H22N4S. The van der Waals surface area contributed by atoms with Crippen molar-refractivity contribution < 1.29 is 0 Å². The first-order valence-corrected chi connectivity index (χ1v) is 7.73. The van der Waals surface area contributed by atoms with Crippen molar-refractivity contribution in [3.05, 3.63) is 33.5 Å². The Labute approximate surface area is 124 Å². The molecule has 0 spiro atoms. The Morgan fingerprint density at radius 1 is 1.10 bits per heavy atom. The minimum atomic E-state index is 0.132. The molecule has 0 saturated heterocycles. The predicted molar refractivity (Wildman–Crippen MR) is 84.5 cm³/mol. The number of nitrogens with one attached hydrogen (secondary N) is 1. The molecule has 0 radical (unpaired) electrons. The minimum Gasteiger partial charge on any atom is -0.354 e. The SMILES string of the molecule is Cc1cc(C)nc(NCCc2csc(C(C)(C)C)n2)n1. The summed E-state index contributed by atoms with van der Waals surface area (Å²) in [6.45, 7) is 11.3. The molecule has 2 rings (SSSR count). The second-order valence-electron chi connectivity index (χ2n) is 6.05. The number of nitrogens with zero attached hydrogens (tertiary/aromatic N) is 3. The van der Waals surface area contributed by atoms with Crippen LogP contribution in [-0.4, -0.2) is 21.5 Å².